The molecule has 0 fully saturated rings. The van der Waals surface area contributed by atoms with Crippen LogP contribution in [0.2, 0.25) is 0 Å². The average molecular weight is 266 g/mol. The van der Waals surface area contributed by atoms with Gasteiger partial charge in [-0.2, -0.15) is 0 Å². The molecule has 0 spiro atoms. The van der Waals surface area contributed by atoms with Crippen LogP contribution >= 0.6 is 15.9 Å². The predicted octanol–water partition coefficient (Wildman–Crippen LogP) is 2.81. The van der Waals surface area contributed by atoms with Crippen LogP contribution in [0.4, 0.5) is 0 Å². The fourth-order valence-corrected chi connectivity index (χ4v) is 1.86. The summed E-state index contributed by atoms with van der Waals surface area (Å²) >= 11 is 3.42. The summed E-state index contributed by atoms with van der Waals surface area (Å²) in [5, 5.41) is 8.18. The van der Waals surface area contributed by atoms with Crippen molar-refractivity contribution in [2.24, 2.45) is 7.05 Å². The Labute approximate surface area is 97.2 Å². The van der Waals surface area contributed by atoms with Crippen molar-refractivity contribution < 1.29 is 0 Å². The predicted molar refractivity (Wildman–Crippen MR) is 63.5 cm³/mol. The number of aryl methyl sites for hydroxylation is 2. The number of rotatable bonds is 2. The van der Waals surface area contributed by atoms with Crippen LogP contribution in [-0.4, -0.2) is 15.0 Å². The summed E-state index contributed by atoms with van der Waals surface area (Å²) in [6, 6.07) is 8.20. The lowest BCUT2D eigenvalue weighted by atomic mass is 10.1. The van der Waals surface area contributed by atoms with Crippen molar-refractivity contribution in [3.8, 4) is 11.3 Å². The fraction of sp³-hybridized carbons (Fsp3) is 0.273. The molecule has 1 aromatic heterocycles. The SMILES string of the molecule is CCc1nnn(C)c1-c1ccc(Br)cc1. The highest BCUT2D eigenvalue weighted by Gasteiger charge is 2.10. The van der Waals surface area contributed by atoms with Crippen molar-refractivity contribution in [3.63, 3.8) is 0 Å². The molecule has 0 saturated carbocycles. The van der Waals surface area contributed by atoms with Crippen LogP contribution < -0.4 is 0 Å². The summed E-state index contributed by atoms with van der Waals surface area (Å²) < 4.78 is 2.90. The minimum Gasteiger partial charge on any atom is -0.247 e. The number of hydrogen-bond acceptors (Lipinski definition) is 2. The van der Waals surface area contributed by atoms with Crippen LogP contribution in [0.15, 0.2) is 28.7 Å². The van der Waals surface area contributed by atoms with Crippen molar-refractivity contribution in [3.05, 3.63) is 34.4 Å². The van der Waals surface area contributed by atoms with Gasteiger partial charge in [0.1, 0.15) is 0 Å². The van der Waals surface area contributed by atoms with E-state index in [4.69, 9.17) is 0 Å². The van der Waals surface area contributed by atoms with E-state index in [0.717, 1.165) is 27.8 Å². The van der Waals surface area contributed by atoms with Crippen molar-refractivity contribution in [2.45, 2.75) is 13.3 Å². The first-order chi connectivity index (χ1) is 7.22. The fourth-order valence-electron chi connectivity index (χ4n) is 1.60. The normalized spacial score (nSPS) is 10.6. The van der Waals surface area contributed by atoms with Gasteiger partial charge in [-0.3, -0.25) is 0 Å². The van der Waals surface area contributed by atoms with E-state index in [1.165, 1.54) is 0 Å². The third-order valence-electron chi connectivity index (χ3n) is 2.35. The summed E-state index contributed by atoms with van der Waals surface area (Å²) in [5.41, 5.74) is 3.30. The Kier molecular flexibility index (Phi) is 2.86. The van der Waals surface area contributed by atoms with E-state index >= 15 is 0 Å². The average Bonchev–Trinajstić information content (AvgIpc) is 2.61. The minimum absolute atomic E-state index is 0.902. The molecule has 4 heteroatoms. The molecule has 78 valence electrons. The molecule has 0 bridgehead atoms. The van der Waals surface area contributed by atoms with Gasteiger partial charge < -0.3 is 0 Å². The highest BCUT2D eigenvalue weighted by molar-refractivity contribution is 9.10. The maximum atomic E-state index is 4.13. The van der Waals surface area contributed by atoms with E-state index in [0.29, 0.717) is 0 Å². The minimum atomic E-state index is 0.902. The van der Waals surface area contributed by atoms with Gasteiger partial charge in [0.15, 0.2) is 0 Å². The first-order valence-corrected chi connectivity index (χ1v) is 5.66. The van der Waals surface area contributed by atoms with Crippen molar-refractivity contribution in [1.82, 2.24) is 15.0 Å². The molecule has 0 amide bonds. The zero-order chi connectivity index (χ0) is 10.8. The van der Waals surface area contributed by atoms with Gasteiger partial charge in [0, 0.05) is 17.1 Å². The quantitative estimate of drug-likeness (QED) is 0.836. The second-order valence-corrected chi connectivity index (χ2v) is 4.28. The Balaban J connectivity index is 2.52. The van der Waals surface area contributed by atoms with E-state index in [1.807, 2.05) is 23.9 Å². The highest BCUT2D eigenvalue weighted by Crippen LogP contribution is 2.23. The van der Waals surface area contributed by atoms with Crippen LogP contribution in [0, 0.1) is 0 Å². The van der Waals surface area contributed by atoms with E-state index < -0.39 is 0 Å². The van der Waals surface area contributed by atoms with Gasteiger partial charge in [-0.15, -0.1) is 5.10 Å². The molecular weight excluding hydrogens is 254 g/mol. The summed E-state index contributed by atoms with van der Waals surface area (Å²) in [6.07, 6.45) is 0.902. The maximum Gasteiger partial charge on any atom is 0.0914 e. The molecule has 0 atom stereocenters. The van der Waals surface area contributed by atoms with E-state index in [2.05, 4.69) is 45.3 Å². The van der Waals surface area contributed by atoms with Crippen LogP contribution in [0.25, 0.3) is 11.3 Å². The van der Waals surface area contributed by atoms with Gasteiger partial charge in [0.25, 0.3) is 0 Å². The zero-order valence-corrected chi connectivity index (χ0v) is 10.3. The molecule has 2 rings (SSSR count). The molecule has 15 heavy (non-hydrogen) atoms. The van der Waals surface area contributed by atoms with Crippen LogP contribution in [0.1, 0.15) is 12.6 Å². The Morgan fingerprint density at radius 1 is 1.27 bits per heavy atom. The molecule has 0 unspecified atom stereocenters. The number of aromatic nitrogens is 3. The van der Waals surface area contributed by atoms with Crippen molar-refractivity contribution in [1.29, 1.82) is 0 Å². The summed E-state index contributed by atoms with van der Waals surface area (Å²) in [5.74, 6) is 0. The van der Waals surface area contributed by atoms with E-state index in [-0.39, 0.29) is 0 Å². The maximum absolute atomic E-state index is 4.13. The molecule has 0 aliphatic rings. The second-order valence-electron chi connectivity index (χ2n) is 3.37. The molecule has 0 saturated heterocycles. The molecule has 0 N–H and O–H groups in total. The molecule has 0 radical (unpaired) electrons. The topological polar surface area (TPSA) is 30.7 Å². The van der Waals surface area contributed by atoms with Crippen LogP contribution in [0.5, 0.6) is 0 Å². The summed E-state index contributed by atoms with van der Waals surface area (Å²) in [7, 11) is 1.92. The lowest BCUT2D eigenvalue weighted by molar-refractivity contribution is 0.718. The van der Waals surface area contributed by atoms with E-state index in [1.54, 1.807) is 0 Å². The van der Waals surface area contributed by atoms with Gasteiger partial charge in [-0.05, 0) is 18.6 Å². The standard InChI is InChI=1S/C11H12BrN3/c1-3-10-11(15(2)14-13-10)8-4-6-9(12)7-5-8/h4-7H,3H2,1-2H3. The van der Waals surface area contributed by atoms with Gasteiger partial charge in [0.2, 0.25) is 0 Å². The van der Waals surface area contributed by atoms with Gasteiger partial charge in [0.05, 0.1) is 11.4 Å². The van der Waals surface area contributed by atoms with Gasteiger partial charge >= 0.3 is 0 Å². The Hall–Kier alpha value is -1.16. The van der Waals surface area contributed by atoms with Gasteiger partial charge in [-0.1, -0.05) is 40.2 Å². The van der Waals surface area contributed by atoms with Crippen LogP contribution in [-0.2, 0) is 13.5 Å². The van der Waals surface area contributed by atoms with E-state index in [9.17, 15) is 0 Å². The summed E-state index contributed by atoms with van der Waals surface area (Å²) in [6.45, 7) is 2.09. The van der Waals surface area contributed by atoms with Crippen molar-refractivity contribution in [2.75, 3.05) is 0 Å². The molecule has 0 aliphatic carbocycles. The van der Waals surface area contributed by atoms with Crippen molar-refractivity contribution >= 4 is 15.9 Å². The third kappa shape index (κ3) is 1.95. The smallest absolute Gasteiger partial charge is 0.0914 e. The molecule has 1 aromatic carbocycles. The first-order valence-electron chi connectivity index (χ1n) is 4.87. The molecule has 1 heterocycles. The molecule has 0 aliphatic heterocycles. The lowest BCUT2D eigenvalue weighted by Gasteiger charge is -2.03. The molecular formula is C11H12BrN3. The first kappa shape index (κ1) is 10.4. The number of nitrogens with zero attached hydrogens (tertiary/aromatic N) is 3. The zero-order valence-electron chi connectivity index (χ0n) is 8.74. The monoisotopic (exact) mass is 265 g/mol. The highest BCUT2D eigenvalue weighted by atomic mass is 79.9. The number of halogens is 1. The Bertz CT molecular complexity index is 459. The molecule has 3 nitrogen and oxygen atoms in total. The van der Waals surface area contributed by atoms with Gasteiger partial charge in [-0.25, -0.2) is 4.68 Å². The largest absolute Gasteiger partial charge is 0.247 e. The number of benzene rings is 1. The lowest BCUT2D eigenvalue weighted by Crippen LogP contribution is -1.95. The summed E-state index contributed by atoms with van der Waals surface area (Å²) in [4.78, 5) is 0. The molecule has 2 aromatic rings. The van der Waals surface area contributed by atoms with Crippen LogP contribution in [0.3, 0.4) is 0 Å². The third-order valence-corrected chi connectivity index (χ3v) is 2.88. The Morgan fingerprint density at radius 3 is 2.53 bits per heavy atom. The Morgan fingerprint density at radius 2 is 1.93 bits per heavy atom. The number of hydrogen-bond donors (Lipinski definition) is 0. The second kappa shape index (κ2) is 4.14.